The molecular weight excluding hydrogens is 498 g/mol. The molecule has 0 aliphatic rings. The number of hydrogen-bond donors (Lipinski definition) is 5. The van der Waals surface area contributed by atoms with Gasteiger partial charge < -0.3 is 30.9 Å². The predicted octanol–water partition coefficient (Wildman–Crippen LogP) is 2.86. The molecule has 3 amide bonds. The number of benzene rings is 2. The van der Waals surface area contributed by atoms with E-state index in [-0.39, 0.29) is 38.1 Å². The molecule has 39 heavy (non-hydrogen) atoms. The quantitative estimate of drug-likeness (QED) is 0.146. The zero-order valence-electron chi connectivity index (χ0n) is 22.4. The second-order valence-corrected chi connectivity index (χ2v) is 9.43. The lowest BCUT2D eigenvalue weighted by molar-refractivity contribution is -0.131. The molecule has 0 aliphatic carbocycles. The first kappa shape index (κ1) is 31.5. The molecule has 9 nitrogen and oxygen atoms in total. The highest BCUT2D eigenvalue weighted by Gasteiger charge is 2.24. The molecule has 3 unspecified atom stereocenters. The van der Waals surface area contributed by atoms with Gasteiger partial charge in [0.1, 0.15) is 6.61 Å². The van der Waals surface area contributed by atoms with E-state index in [4.69, 9.17) is 4.74 Å². The van der Waals surface area contributed by atoms with Crippen LogP contribution < -0.4 is 16.0 Å². The zero-order valence-corrected chi connectivity index (χ0v) is 22.4. The highest BCUT2D eigenvalue weighted by molar-refractivity contribution is 5.86. The van der Waals surface area contributed by atoms with Gasteiger partial charge in [0.05, 0.1) is 31.2 Å². The molecular formula is C30H41N3O6. The van der Waals surface area contributed by atoms with Gasteiger partial charge in [-0.15, -0.1) is 6.58 Å². The first-order valence-electron chi connectivity index (χ1n) is 13.4. The van der Waals surface area contributed by atoms with E-state index in [0.29, 0.717) is 38.6 Å². The molecule has 2 aromatic carbocycles. The molecule has 9 heteroatoms. The molecule has 212 valence electrons. The number of unbranched alkanes of at least 4 members (excludes halogenated alkanes) is 1. The summed E-state index contributed by atoms with van der Waals surface area (Å²) in [6.07, 6.45) is 3.63. The summed E-state index contributed by atoms with van der Waals surface area (Å²) in [4.78, 5) is 37.4. The minimum Gasteiger partial charge on any atom is -0.445 e. The summed E-state index contributed by atoms with van der Waals surface area (Å²) in [6.45, 7) is 3.84. The summed E-state index contributed by atoms with van der Waals surface area (Å²) in [5, 5.41) is 27.8. The Balaban J connectivity index is 1.71. The van der Waals surface area contributed by atoms with Crippen molar-refractivity contribution >= 4 is 17.9 Å². The Hall–Kier alpha value is -3.69. The van der Waals surface area contributed by atoms with Gasteiger partial charge >= 0.3 is 6.09 Å². The Morgan fingerprint density at radius 2 is 1.51 bits per heavy atom. The van der Waals surface area contributed by atoms with Crippen molar-refractivity contribution in [3.05, 3.63) is 84.4 Å². The third kappa shape index (κ3) is 13.1. The number of allylic oxidation sites excluding steroid dienone is 1. The Kier molecular flexibility index (Phi) is 15.0. The molecule has 0 fully saturated rings. The van der Waals surface area contributed by atoms with Gasteiger partial charge in [0.25, 0.3) is 0 Å². The van der Waals surface area contributed by atoms with Crippen molar-refractivity contribution in [2.24, 2.45) is 5.92 Å². The van der Waals surface area contributed by atoms with Crippen LogP contribution in [0, 0.1) is 5.92 Å². The number of nitrogens with one attached hydrogen (secondary N) is 3. The van der Waals surface area contributed by atoms with E-state index >= 15 is 0 Å². The molecule has 0 spiro atoms. The summed E-state index contributed by atoms with van der Waals surface area (Å²) in [6, 6.07) is 18.0. The van der Waals surface area contributed by atoms with Crippen molar-refractivity contribution in [1.82, 2.24) is 16.0 Å². The molecule has 0 saturated heterocycles. The maximum atomic E-state index is 12.9. The van der Waals surface area contributed by atoms with E-state index in [9.17, 15) is 24.6 Å². The second-order valence-electron chi connectivity index (χ2n) is 9.43. The number of rotatable bonds is 18. The Morgan fingerprint density at radius 1 is 0.872 bits per heavy atom. The van der Waals surface area contributed by atoms with Gasteiger partial charge in [-0.3, -0.25) is 9.59 Å². The average Bonchev–Trinajstić information content (AvgIpc) is 2.95. The fourth-order valence-corrected chi connectivity index (χ4v) is 4.06. The van der Waals surface area contributed by atoms with Crippen LogP contribution in [0.4, 0.5) is 4.79 Å². The van der Waals surface area contributed by atoms with Crippen LogP contribution in [0.5, 0.6) is 0 Å². The maximum Gasteiger partial charge on any atom is 0.407 e. The average molecular weight is 540 g/mol. The van der Waals surface area contributed by atoms with Crippen LogP contribution in [0.1, 0.15) is 43.2 Å². The largest absolute Gasteiger partial charge is 0.445 e. The summed E-state index contributed by atoms with van der Waals surface area (Å²) >= 11 is 0. The molecule has 3 atom stereocenters. The van der Waals surface area contributed by atoms with Crippen molar-refractivity contribution in [3.8, 4) is 0 Å². The summed E-state index contributed by atoms with van der Waals surface area (Å²) in [7, 11) is 0. The molecule has 0 aliphatic heterocycles. The van der Waals surface area contributed by atoms with E-state index in [1.165, 1.54) is 0 Å². The SMILES string of the molecule is C=CCC(CC(=O)NC(CO)Cc1ccccc1)C(=O)NC(CO)CCCCNC(=O)OCc1ccccc1. The van der Waals surface area contributed by atoms with Gasteiger partial charge in [0.2, 0.25) is 11.8 Å². The number of carbonyl (C=O) groups is 3. The molecule has 5 N–H and O–H groups in total. The van der Waals surface area contributed by atoms with Crippen LogP contribution in [0.2, 0.25) is 0 Å². The molecule has 0 heterocycles. The van der Waals surface area contributed by atoms with Gasteiger partial charge in [-0.05, 0) is 43.2 Å². The number of aliphatic hydroxyl groups is 2. The molecule has 0 bridgehead atoms. The van der Waals surface area contributed by atoms with Crippen molar-refractivity contribution in [2.75, 3.05) is 19.8 Å². The van der Waals surface area contributed by atoms with Crippen LogP contribution in [0.15, 0.2) is 73.3 Å². The molecule has 0 saturated carbocycles. The summed E-state index contributed by atoms with van der Waals surface area (Å²) in [5.74, 6) is -1.32. The maximum absolute atomic E-state index is 12.9. The van der Waals surface area contributed by atoms with Gasteiger partial charge in [-0.25, -0.2) is 4.79 Å². The predicted molar refractivity (Wildman–Crippen MR) is 150 cm³/mol. The molecule has 0 radical (unpaired) electrons. The lowest BCUT2D eigenvalue weighted by Crippen LogP contribution is -2.44. The minimum absolute atomic E-state index is 0.0592. The normalized spacial score (nSPS) is 13.0. The van der Waals surface area contributed by atoms with E-state index < -0.39 is 24.1 Å². The van der Waals surface area contributed by atoms with E-state index in [1.807, 2.05) is 60.7 Å². The first-order chi connectivity index (χ1) is 18.9. The standard InChI is InChI=1S/C30H41N3O6/c1-2-11-25(19-28(36)32-27(21-35)18-23-12-5-3-6-13-23)29(37)33-26(20-34)16-9-10-17-31-30(38)39-22-24-14-7-4-8-15-24/h2-8,12-15,25-27,34-35H,1,9-11,16-22H2,(H,31,38)(H,32,36)(H,33,37). The first-order valence-corrected chi connectivity index (χ1v) is 13.4. The van der Waals surface area contributed by atoms with Crippen molar-refractivity contribution in [2.45, 2.75) is 57.2 Å². The number of ether oxygens (including phenoxy) is 1. The minimum atomic E-state index is -0.645. The van der Waals surface area contributed by atoms with Crippen molar-refractivity contribution in [3.63, 3.8) is 0 Å². The number of amides is 3. The summed E-state index contributed by atoms with van der Waals surface area (Å²) in [5.41, 5.74) is 1.89. The van der Waals surface area contributed by atoms with E-state index in [1.54, 1.807) is 6.08 Å². The smallest absolute Gasteiger partial charge is 0.407 e. The monoisotopic (exact) mass is 539 g/mol. The Morgan fingerprint density at radius 3 is 2.13 bits per heavy atom. The Labute approximate surface area is 230 Å². The number of aliphatic hydroxyl groups excluding tert-OH is 2. The zero-order chi connectivity index (χ0) is 28.3. The van der Waals surface area contributed by atoms with E-state index in [2.05, 4.69) is 22.5 Å². The van der Waals surface area contributed by atoms with E-state index in [0.717, 1.165) is 11.1 Å². The highest BCUT2D eigenvalue weighted by Crippen LogP contribution is 2.12. The topological polar surface area (TPSA) is 137 Å². The lowest BCUT2D eigenvalue weighted by atomic mass is 9.98. The van der Waals surface area contributed by atoms with Crippen molar-refractivity contribution < 1.29 is 29.3 Å². The molecule has 0 aromatic heterocycles. The van der Waals surface area contributed by atoms with Gasteiger partial charge in [0.15, 0.2) is 0 Å². The van der Waals surface area contributed by atoms with Crippen LogP contribution in [-0.4, -0.2) is 60.0 Å². The van der Waals surface area contributed by atoms with Crippen LogP contribution in [0.25, 0.3) is 0 Å². The lowest BCUT2D eigenvalue weighted by Gasteiger charge is -2.22. The van der Waals surface area contributed by atoms with Gasteiger partial charge in [-0.2, -0.15) is 0 Å². The summed E-state index contributed by atoms with van der Waals surface area (Å²) < 4.78 is 5.17. The van der Waals surface area contributed by atoms with Gasteiger partial charge in [0, 0.05) is 13.0 Å². The van der Waals surface area contributed by atoms with Gasteiger partial charge in [-0.1, -0.05) is 66.7 Å². The van der Waals surface area contributed by atoms with Crippen molar-refractivity contribution in [1.29, 1.82) is 0 Å². The third-order valence-corrected chi connectivity index (χ3v) is 6.19. The number of alkyl carbamates (subject to hydrolysis) is 1. The fourth-order valence-electron chi connectivity index (χ4n) is 4.06. The molecule has 2 rings (SSSR count). The number of carbonyl (C=O) groups excluding carboxylic acids is 3. The Bertz CT molecular complexity index is 1000. The second kappa shape index (κ2) is 18.5. The number of hydrogen-bond acceptors (Lipinski definition) is 6. The van der Waals surface area contributed by atoms with Crippen LogP contribution >= 0.6 is 0 Å². The molecule has 2 aromatic rings. The van der Waals surface area contributed by atoms with Crippen LogP contribution in [-0.2, 0) is 27.4 Å². The van der Waals surface area contributed by atoms with Crippen LogP contribution in [0.3, 0.4) is 0 Å². The fraction of sp³-hybridized carbons (Fsp3) is 0.433. The highest BCUT2D eigenvalue weighted by atomic mass is 16.5. The third-order valence-electron chi connectivity index (χ3n) is 6.19.